The molecule has 0 radical (unpaired) electrons. The third kappa shape index (κ3) is 6.47. The van der Waals surface area contributed by atoms with Crippen LogP contribution in [0.2, 0.25) is 0 Å². The maximum atomic E-state index is 3.75. The Bertz CT molecular complexity index is 705. The number of hydrogen-bond acceptors (Lipinski definition) is 3. The lowest BCUT2D eigenvalue weighted by Gasteiger charge is -2.08. The molecule has 4 nitrogen and oxygen atoms in total. The molecule has 0 bridgehead atoms. The highest BCUT2D eigenvalue weighted by atomic mass is 15.3. The Kier molecular flexibility index (Phi) is 7.19. The molecular formula is C21H24N4. The normalized spacial score (nSPS) is 9.64. The topological polar surface area (TPSA) is 42.7 Å². The van der Waals surface area contributed by atoms with Gasteiger partial charge >= 0.3 is 0 Å². The first-order valence-corrected chi connectivity index (χ1v) is 8.16. The maximum Gasteiger partial charge on any atom is 0.137 e. The molecule has 0 unspecified atom stereocenters. The molecule has 25 heavy (non-hydrogen) atoms. The number of allylic oxidation sites excluding steroid dienone is 2. The van der Waals surface area contributed by atoms with Crippen LogP contribution < -0.4 is 5.32 Å². The highest BCUT2D eigenvalue weighted by Gasteiger charge is 1.96. The Hall–Kier alpha value is -3.14. The molecule has 1 N–H and O–H groups in total. The van der Waals surface area contributed by atoms with Crippen LogP contribution in [0, 0.1) is 0 Å². The molecule has 0 fully saturated rings. The molecule has 1 heterocycles. The van der Waals surface area contributed by atoms with Gasteiger partial charge in [0.2, 0.25) is 0 Å². The van der Waals surface area contributed by atoms with Crippen molar-refractivity contribution in [2.45, 2.75) is 12.8 Å². The second-order valence-corrected chi connectivity index (χ2v) is 5.57. The molecule has 128 valence electrons. The van der Waals surface area contributed by atoms with E-state index >= 15 is 0 Å². The van der Waals surface area contributed by atoms with Gasteiger partial charge in [0.1, 0.15) is 12.7 Å². The Morgan fingerprint density at radius 3 is 1.64 bits per heavy atom. The van der Waals surface area contributed by atoms with Crippen LogP contribution in [-0.2, 0) is 19.9 Å². The summed E-state index contributed by atoms with van der Waals surface area (Å²) >= 11 is 0. The highest BCUT2D eigenvalue weighted by Crippen LogP contribution is 2.18. The van der Waals surface area contributed by atoms with E-state index in [2.05, 4.69) is 77.1 Å². The van der Waals surface area contributed by atoms with E-state index in [-0.39, 0.29) is 0 Å². The van der Waals surface area contributed by atoms with Gasteiger partial charge in [-0.3, -0.25) is 4.68 Å². The van der Waals surface area contributed by atoms with Crippen molar-refractivity contribution >= 4 is 11.4 Å². The molecule has 0 saturated carbocycles. The smallest absolute Gasteiger partial charge is 0.137 e. The summed E-state index contributed by atoms with van der Waals surface area (Å²) in [6.07, 6.45) is 8.80. The van der Waals surface area contributed by atoms with Crippen molar-refractivity contribution in [3.63, 3.8) is 0 Å². The van der Waals surface area contributed by atoms with Crippen LogP contribution in [0.5, 0.6) is 0 Å². The van der Waals surface area contributed by atoms with Crippen molar-refractivity contribution in [1.29, 1.82) is 0 Å². The summed E-state index contributed by atoms with van der Waals surface area (Å²) in [6, 6.07) is 16.9. The Balaban J connectivity index is 0.000000316. The lowest BCUT2D eigenvalue weighted by atomic mass is 10.1. The van der Waals surface area contributed by atoms with E-state index in [1.807, 2.05) is 19.2 Å². The van der Waals surface area contributed by atoms with Crippen molar-refractivity contribution in [1.82, 2.24) is 14.8 Å². The van der Waals surface area contributed by atoms with Crippen LogP contribution in [-0.4, -0.2) is 14.8 Å². The zero-order valence-electron chi connectivity index (χ0n) is 14.6. The fraction of sp³-hybridized carbons (Fsp3) is 0.143. The molecule has 0 spiro atoms. The second-order valence-electron chi connectivity index (χ2n) is 5.57. The van der Waals surface area contributed by atoms with E-state index in [1.165, 1.54) is 17.5 Å². The molecule has 2 aromatic carbocycles. The van der Waals surface area contributed by atoms with Crippen LogP contribution in [0.25, 0.3) is 0 Å². The van der Waals surface area contributed by atoms with Crippen molar-refractivity contribution in [2.75, 3.05) is 5.32 Å². The second kappa shape index (κ2) is 9.88. The fourth-order valence-electron chi connectivity index (χ4n) is 2.22. The predicted octanol–water partition coefficient (Wildman–Crippen LogP) is 4.70. The minimum atomic E-state index is 0.913. The van der Waals surface area contributed by atoms with Gasteiger partial charge in [0, 0.05) is 18.4 Å². The standard InChI is InChI=1S/C18H19N.C3H5N3/c1-3-5-15-7-11-17(12-8-15)19-18-13-9-16(6-4-2)10-14-18;1-6-3-4-2-5-6/h3-4,7-14,19H,1-2,5-6H2;2-3H,1H3. The van der Waals surface area contributed by atoms with E-state index in [0.29, 0.717) is 0 Å². The van der Waals surface area contributed by atoms with Crippen molar-refractivity contribution in [2.24, 2.45) is 7.05 Å². The fourth-order valence-corrected chi connectivity index (χ4v) is 2.22. The zero-order chi connectivity index (χ0) is 17.9. The summed E-state index contributed by atoms with van der Waals surface area (Å²) in [6.45, 7) is 7.49. The van der Waals surface area contributed by atoms with Crippen LogP contribution in [0.1, 0.15) is 11.1 Å². The maximum absolute atomic E-state index is 3.75. The molecule has 0 amide bonds. The number of anilines is 2. The van der Waals surface area contributed by atoms with E-state index in [9.17, 15) is 0 Å². The average Bonchev–Trinajstić information content (AvgIpc) is 3.10. The number of benzene rings is 2. The molecular weight excluding hydrogens is 308 g/mol. The van der Waals surface area contributed by atoms with Gasteiger partial charge in [0.15, 0.2) is 0 Å². The van der Waals surface area contributed by atoms with E-state index in [1.54, 1.807) is 11.0 Å². The Labute approximate surface area is 149 Å². The van der Waals surface area contributed by atoms with Gasteiger partial charge in [0.25, 0.3) is 0 Å². The van der Waals surface area contributed by atoms with E-state index in [4.69, 9.17) is 0 Å². The first-order valence-electron chi connectivity index (χ1n) is 8.16. The van der Waals surface area contributed by atoms with Crippen LogP contribution in [0.15, 0.2) is 86.5 Å². The predicted molar refractivity (Wildman–Crippen MR) is 105 cm³/mol. The molecule has 0 aliphatic heterocycles. The van der Waals surface area contributed by atoms with Crippen molar-refractivity contribution in [3.05, 3.63) is 97.6 Å². The van der Waals surface area contributed by atoms with E-state index in [0.717, 1.165) is 24.2 Å². The molecule has 4 heteroatoms. The Morgan fingerprint density at radius 1 is 0.880 bits per heavy atom. The number of aromatic nitrogens is 3. The molecule has 1 aromatic heterocycles. The van der Waals surface area contributed by atoms with Crippen LogP contribution >= 0.6 is 0 Å². The van der Waals surface area contributed by atoms with Gasteiger partial charge in [-0.1, -0.05) is 36.4 Å². The number of nitrogens with one attached hydrogen (secondary N) is 1. The number of rotatable bonds is 6. The van der Waals surface area contributed by atoms with E-state index < -0.39 is 0 Å². The van der Waals surface area contributed by atoms with Crippen LogP contribution in [0.4, 0.5) is 11.4 Å². The first-order chi connectivity index (χ1) is 12.2. The van der Waals surface area contributed by atoms with Crippen molar-refractivity contribution in [3.8, 4) is 0 Å². The van der Waals surface area contributed by atoms with Gasteiger partial charge in [-0.15, -0.1) is 13.2 Å². The van der Waals surface area contributed by atoms with Gasteiger partial charge in [0.05, 0.1) is 0 Å². The first kappa shape index (κ1) is 18.2. The largest absolute Gasteiger partial charge is 0.356 e. The lowest BCUT2D eigenvalue weighted by Crippen LogP contribution is -1.91. The SMILES string of the molecule is C=CCc1ccc(Nc2ccc(CC=C)cc2)cc1.Cn1cncn1. The molecule has 0 aliphatic rings. The molecule has 0 atom stereocenters. The van der Waals surface area contributed by atoms with Gasteiger partial charge < -0.3 is 5.32 Å². The average molecular weight is 332 g/mol. The highest BCUT2D eigenvalue weighted by molar-refractivity contribution is 5.60. The summed E-state index contributed by atoms with van der Waals surface area (Å²) in [5.74, 6) is 0. The molecule has 3 aromatic rings. The molecule has 3 rings (SSSR count). The summed E-state index contributed by atoms with van der Waals surface area (Å²) in [5.41, 5.74) is 4.76. The minimum Gasteiger partial charge on any atom is -0.356 e. The third-order valence-corrected chi connectivity index (χ3v) is 3.49. The molecule has 0 saturated heterocycles. The lowest BCUT2D eigenvalue weighted by molar-refractivity contribution is 0.765. The minimum absolute atomic E-state index is 0.913. The summed E-state index contributed by atoms with van der Waals surface area (Å²) in [4.78, 5) is 3.67. The van der Waals surface area contributed by atoms with Gasteiger partial charge in [-0.05, 0) is 48.2 Å². The zero-order valence-corrected chi connectivity index (χ0v) is 14.6. The number of nitrogens with zero attached hydrogens (tertiary/aromatic N) is 3. The third-order valence-electron chi connectivity index (χ3n) is 3.49. The quantitative estimate of drug-likeness (QED) is 0.665. The summed E-state index contributed by atoms with van der Waals surface area (Å²) < 4.78 is 1.64. The Morgan fingerprint density at radius 2 is 1.36 bits per heavy atom. The van der Waals surface area contributed by atoms with Crippen LogP contribution in [0.3, 0.4) is 0 Å². The van der Waals surface area contributed by atoms with Gasteiger partial charge in [-0.2, -0.15) is 5.10 Å². The number of aryl methyl sites for hydroxylation is 1. The van der Waals surface area contributed by atoms with Crippen molar-refractivity contribution < 1.29 is 0 Å². The summed E-state index contributed by atoms with van der Waals surface area (Å²) in [7, 11) is 1.83. The summed E-state index contributed by atoms with van der Waals surface area (Å²) in [5, 5.41) is 7.11. The molecule has 0 aliphatic carbocycles. The monoisotopic (exact) mass is 332 g/mol. The van der Waals surface area contributed by atoms with Gasteiger partial charge in [-0.25, -0.2) is 4.98 Å². The number of hydrogen-bond donors (Lipinski definition) is 1.